The van der Waals surface area contributed by atoms with Gasteiger partial charge in [0.15, 0.2) is 0 Å². The van der Waals surface area contributed by atoms with E-state index in [1.54, 1.807) is 18.2 Å². The van der Waals surface area contributed by atoms with E-state index in [1.807, 2.05) is 32.0 Å². The molecule has 2 aromatic rings. The molecule has 2 N–H and O–H groups in total. The maximum absolute atomic E-state index is 13.0. The Kier molecular flexibility index (Phi) is 6.29. The van der Waals surface area contributed by atoms with E-state index >= 15 is 0 Å². The summed E-state index contributed by atoms with van der Waals surface area (Å²) in [6.07, 6.45) is 1.74. The van der Waals surface area contributed by atoms with E-state index < -0.39 is 0 Å². The topological polar surface area (TPSA) is 78.5 Å². The molecule has 0 spiro atoms. The van der Waals surface area contributed by atoms with Gasteiger partial charge in [-0.1, -0.05) is 12.1 Å². The Labute approximate surface area is 182 Å². The van der Waals surface area contributed by atoms with Gasteiger partial charge in [-0.3, -0.25) is 14.4 Å². The number of carbonyl (C=O) groups excluding carboxylic acids is 3. The van der Waals surface area contributed by atoms with Crippen molar-refractivity contribution >= 4 is 35.8 Å². The second kappa shape index (κ2) is 8.58. The molecule has 0 saturated carbocycles. The Bertz CT molecular complexity index is 1020. The van der Waals surface area contributed by atoms with Crippen LogP contribution in [-0.2, 0) is 0 Å². The lowest BCUT2D eigenvalue weighted by atomic mass is 9.99. The van der Waals surface area contributed by atoms with E-state index in [4.69, 9.17) is 0 Å². The molecule has 2 atom stereocenters. The third kappa shape index (κ3) is 3.98. The Morgan fingerprint density at radius 1 is 1.07 bits per heavy atom. The minimum absolute atomic E-state index is 0. The lowest BCUT2D eigenvalue weighted by Crippen LogP contribution is -2.46. The summed E-state index contributed by atoms with van der Waals surface area (Å²) >= 11 is 0. The molecule has 0 aliphatic carbocycles. The van der Waals surface area contributed by atoms with Crippen molar-refractivity contribution in [1.82, 2.24) is 10.6 Å². The number of piperidine rings is 1. The highest BCUT2D eigenvalue weighted by Crippen LogP contribution is 2.31. The van der Waals surface area contributed by atoms with E-state index in [1.165, 1.54) is 4.90 Å². The number of anilines is 1. The number of carbonyl (C=O) groups is 3. The second-order valence-electron chi connectivity index (χ2n) is 8.05. The fraction of sp³-hybridized carbons (Fsp3) is 0.348. The average molecular weight is 428 g/mol. The molecule has 6 nitrogen and oxygen atoms in total. The summed E-state index contributed by atoms with van der Waals surface area (Å²) < 4.78 is 0. The highest BCUT2D eigenvalue weighted by atomic mass is 35.5. The second-order valence-corrected chi connectivity index (χ2v) is 8.05. The van der Waals surface area contributed by atoms with Crippen molar-refractivity contribution in [1.29, 1.82) is 0 Å². The van der Waals surface area contributed by atoms with Crippen LogP contribution in [-0.4, -0.2) is 36.3 Å². The van der Waals surface area contributed by atoms with Gasteiger partial charge in [-0.25, -0.2) is 4.90 Å². The van der Waals surface area contributed by atoms with Gasteiger partial charge in [-0.05, 0) is 75.5 Å². The molecule has 2 heterocycles. The van der Waals surface area contributed by atoms with Gasteiger partial charge in [0.1, 0.15) is 0 Å². The maximum atomic E-state index is 13.0. The van der Waals surface area contributed by atoms with Crippen LogP contribution >= 0.6 is 12.4 Å². The average Bonchev–Trinajstić information content (AvgIpc) is 2.94. The van der Waals surface area contributed by atoms with Gasteiger partial charge in [0.25, 0.3) is 17.7 Å². The zero-order valence-electron chi connectivity index (χ0n) is 17.3. The van der Waals surface area contributed by atoms with Crippen LogP contribution in [0.15, 0.2) is 36.4 Å². The molecule has 1 fully saturated rings. The zero-order chi connectivity index (χ0) is 20.7. The number of rotatable bonds is 3. The lowest BCUT2D eigenvalue weighted by Gasteiger charge is -2.28. The summed E-state index contributed by atoms with van der Waals surface area (Å²) in [6.45, 7) is 6.76. The van der Waals surface area contributed by atoms with Crippen LogP contribution in [0.4, 0.5) is 5.69 Å². The summed E-state index contributed by atoms with van der Waals surface area (Å²) in [5, 5.41) is 6.41. The van der Waals surface area contributed by atoms with Gasteiger partial charge < -0.3 is 10.6 Å². The first-order chi connectivity index (χ1) is 13.8. The molecule has 30 heavy (non-hydrogen) atoms. The number of nitrogens with zero attached hydrogens (tertiary/aromatic N) is 1. The number of fused-ring (bicyclic) bond motifs is 1. The van der Waals surface area contributed by atoms with E-state index in [0.29, 0.717) is 22.9 Å². The number of aryl methyl sites for hydroxylation is 2. The molecule has 158 valence electrons. The lowest BCUT2D eigenvalue weighted by molar-refractivity contribution is 0.0916. The molecule has 1 saturated heterocycles. The fourth-order valence-corrected chi connectivity index (χ4v) is 4.09. The standard InChI is InChI=1S/C23H25N3O3.ClH/c1-13-4-5-14(2)20(10-13)26-22(28)18-7-6-16(12-19(18)23(26)29)21(27)25-17-8-9-24-15(3)11-17;/h4-7,10,12,15,17,24H,8-9,11H2,1-3H3,(H,25,27);1H. The Morgan fingerprint density at radius 3 is 2.53 bits per heavy atom. The van der Waals surface area contributed by atoms with Gasteiger partial charge in [-0.15, -0.1) is 12.4 Å². The summed E-state index contributed by atoms with van der Waals surface area (Å²) in [4.78, 5) is 39.9. The molecule has 4 rings (SSSR count). The first-order valence-corrected chi connectivity index (χ1v) is 9.99. The highest BCUT2D eigenvalue weighted by molar-refractivity contribution is 6.35. The van der Waals surface area contributed by atoms with E-state index in [0.717, 1.165) is 30.5 Å². The van der Waals surface area contributed by atoms with E-state index in [9.17, 15) is 14.4 Å². The van der Waals surface area contributed by atoms with Crippen LogP contribution in [0.2, 0.25) is 0 Å². The van der Waals surface area contributed by atoms with Gasteiger partial charge in [0.2, 0.25) is 0 Å². The summed E-state index contributed by atoms with van der Waals surface area (Å²) in [7, 11) is 0. The van der Waals surface area contributed by atoms with Gasteiger partial charge in [0.05, 0.1) is 16.8 Å². The number of amides is 3. The monoisotopic (exact) mass is 427 g/mol. The Hall–Kier alpha value is -2.70. The van der Waals surface area contributed by atoms with Crippen LogP contribution in [0, 0.1) is 13.8 Å². The SMILES string of the molecule is Cc1ccc(C)c(N2C(=O)c3ccc(C(=O)NC4CCNC(C)C4)cc3C2=O)c1.Cl. The van der Waals surface area contributed by atoms with Crippen LogP contribution in [0.25, 0.3) is 0 Å². The number of nitrogens with one attached hydrogen (secondary N) is 2. The highest BCUT2D eigenvalue weighted by Gasteiger charge is 2.38. The minimum Gasteiger partial charge on any atom is -0.349 e. The zero-order valence-corrected chi connectivity index (χ0v) is 18.1. The summed E-state index contributed by atoms with van der Waals surface area (Å²) in [6, 6.07) is 10.9. The molecular weight excluding hydrogens is 402 g/mol. The molecule has 7 heteroatoms. The molecule has 2 aromatic carbocycles. The predicted molar refractivity (Wildman–Crippen MR) is 119 cm³/mol. The van der Waals surface area contributed by atoms with Crippen LogP contribution < -0.4 is 15.5 Å². The summed E-state index contributed by atoms with van der Waals surface area (Å²) in [5.41, 5.74) is 3.43. The molecule has 0 aromatic heterocycles. The van der Waals surface area contributed by atoms with Gasteiger partial charge >= 0.3 is 0 Å². The third-order valence-electron chi connectivity index (χ3n) is 5.71. The molecule has 2 aliphatic rings. The fourth-order valence-electron chi connectivity index (χ4n) is 4.09. The molecule has 3 amide bonds. The van der Waals surface area contributed by atoms with Crippen molar-refractivity contribution in [2.75, 3.05) is 11.4 Å². The van der Waals surface area contributed by atoms with Gasteiger partial charge in [-0.2, -0.15) is 0 Å². The van der Waals surface area contributed by atoms with Gasteiger partial charge in [0, 0.05) is 17.6 Å². The number of hydrogen-bond donors (Lipinski definition) is 2. The molecule has 2 unspecified atom stereocenters. The Morgan fingerprint density at radius 2 is 1.80 bits per heavy atom. The quantitative estimate of drug-likeness (QED) is 0.736. The molecule has 0 radical (unpaired) electrons. The number of imide groups is 1. The van der Waals surface area contributed by atoms with Crippen molar-refractivity contribution < 1.29 is 14.4 Å². The predicted octanol–water partition coefficient (Wildman–Crippen LogP) is 3.40. The van der Waals surface area contributed by atoms with E-state index in [2.05, 4.69) is 17.6 Å². The van der Waals surface area contributed by atoms with E-state index in [-0.39, 0.29) is 41.7 Å². The number of benzene rings is 2. The van der Waals surface area contributed by atoms with Crippen molar-refractivity contribution in [2.24, 2.45) is 0 Å². The van der Waals surface area contributed by atoms with Crippen molar-refractivity contribution in [3.63, 3.8) is 0 Å². The van der Waals surface area contributed by atoms with Crippen LogP contribution in [0.3, 0.4) is 0 Å². The smallest absolute Gasteiger partial charge is 0.266 e. The summed E-state index contributed by atoms with van der Waals surface area (Å²) in [5.74, 6) is -0.945. The number of halogens is 1. The molecule has 2 aliphatic heterocycles. The van der Waals surface area contributed by atoms with Crippen LogP contribution in [0.1, 0.15) is 62.0 Å². The van der Waals surface area contributed by atoms with Crippen LogP contribution in [0.5, 0.6) is 0 Å². The van der Waals surface area contributed by atoms with Crippen molar-refractivity contribution in [3.05, 3.63) is 64.2 Å². The number of hydrogen-bond acceptors (Lipinski definition) is 4. The minimum atomic E-state index is -0.385. The molecular formula is C23H26ClN3O3. The van der Waals surface area contributed by atoms with Crippen molar-refractivity contribution in [2.45, 2.75) is 45.7 Å². The van der Waals surface area contributed by atoms with Crippen molar-refractivity contribution in [3.8, 4) is 0 Å². The molecule has 0 bridgehead atoms. The first kappa shape index (κ1) is 22.0. The Balaban J connectivity index is 0.00000256. The third-order valence-corrected chi connectivity index (χ3v) is 5.71. The first-order valence-electron chi connectivity index (χ1n) is 9.99. The normalized spacial score (nSPS) is 20.6. The maximum Gasteiger partial charge on any atom is 0.266 e. The largest absolute Gasteiger partial charge is 0.349 e.